The van der Waals surface area contributed by atoms with Gasteiger partial charge in [-0.3, -0.25) is 4.79 Å². The van der Waals surface area contributed by atoms with Crippen LogP contribution in [0.4, 0.5) is 5.69 Å². The van der Waals surface area contributed by atoms with Crippen molar-refractivity contribution in [3.05, 3.63) is 88.4 Å². The van der Waals surface area contributed by atoms with Crippen molar-refractivity contribution in [2.45, 2.75) is 6.54 Å². The molecule has 7 heteroatoms. The molecule has 144 valence electrons. The number of halogens is 1. The van der Waals surface area contributed by atoms with Crippen molar-refractivity contribution in [3.8, 4) is 11.5 Å². The molecule has 29 heavy (non-hydrogen) atoms. The predicted octanol–water partition coefficient (Wildman–Crippen LogP) is 4.12. The number of carbonyl (C=O) groups excluding carboxylic acids is 1. The molecule has 1 aliphatic heterocycles. The monoisotopic (exact) mass is 405 g/mol. The summed E-state index contributed by atoms with van der Waals surface area (Å²) in [6.07, 6.45) is 1.35. The van der Waals surface area contributed by atoms with E-state index in [4.69, 9.17) is 11.6 Å². The van der Waals surface area contributed by atoms with Gasteiger partial charge >= 0.3 is 0 Å². The lowest BCUT2D eigenvalue weighted by molar-refractivity contribution is -0.112. The SMILES string of the molecule is O=C1/C(=N/N=C\c2cc(O)c(O)c(Cl)c2)c2ccccc2N1Cc1ccccc1. The molecule has 0 saturated heterocycles. The molecule has 1 heterocycles. The lowest BCUT2D eigenvalue weighted by atomic mass is 10.1. The van der Waals surface area contributed by atoms with Crippen LogP contribution in [0, 0.1) is 0 Å². The van der Waals surface area contributed by atoms with Gasteiger partial charge in [0.25, 0.3) is 5.91 Å². The Labute approximate surface area is 172 Å². The van der Waals surface area contributed by atoms with Gasteiger partial charge in [0, 0.05) is 5.56 Å². The summed E-state index contributed by atoms with van der Waals surface area (Å²) < 4.78 is 0. The van der Waals surface area contributed by atoms with Crippen molar-refractivity contribution in [1.29, 1.82) is 0 Å². The first-order valence-electron chi connectivity index (χ1n) is 8.82. The largest absolute Gasteiger partial charge is 0.504 e. The molecule has 0 spiro atoms. The highest BCUT2D eigenvalue weighted by molar-refractivity contribution is 6.54. The average molecular weight is 406 g/mol. The first-order chi connectivity index (χ1) is 14.0. The summed E-state index contributed by atoms with van der Waals surface area (Å²) in [5.41, 5.74) is 3.17. The lowest BCUT2D eigenvalue weighted by Gasteiger charge is -2.16. The van der Waals surface area contributed by atoms with Crippen LogP contribution in [0.5, 0.6) is 11.5 Å². The Morgan fingerprint density at radius 3 is 2.48 bits per heavy atom. The number of benzene rings is 3. The van der Waals surface area contributed by atoms with Gasteiger partial charge in [-0.1, -0.05) is 60.1 Å². The van der Waals surface area contributed by atoms with Gasteiger partial charge in [0.15, 0.2) is 17.2 Å². The van der Waals surface area contributed by atoms with E-state index in [1.807, 2.05) is 54.6 Å². The molecule has 3 aromatic rings. The Morgan fingerprint density at radius 2 is 1.72 bits per heavy atom. The second kappa shape index (κ2) is 7.77. The molecule has 0 fully saturated rings. The molecule has 4 rings (SSSR count). The number of anilines is 1. The van der Waals surface area contributed by atoms with Crippen LogP contribution >= 0.6 is 11.6 Å². The van der Waals surface area contributed by atoms with Gasteiger partial charge in [-0.05, 0) is 29.3 Å². The molecule has 0 unspecified atom stereocenters. The van der Waals surface area contributed by atoms with Crippen LogP contribution in [0.1, 0.15) is 16.7 Å². The Kier molecular flexibility index (Phi) is 5.01. The van der Waals surface area contributed by atoms with Crippen molar-refractivity contribution in [2.24, 2.45) is 10.2 Å². The molecule has 2 N–H and O–H groups in total. The summed E-state index contributed by atoms with van der Waals surface area (Å²) in [5, 5.41) is 27.3. The zero-order chi connectivity index (χ0) is 20.4. The van der Waals surface area contributed by atoms with Crippen LogP contribution < -0.4 is 4.90 Å². The van der Waals surface area contributed by atoms with Gasteiger partial charge in [0.2, 0.25) is 0 Å². The maximum Gasteiger partial charge on any atom is 0.279 e. The normalized spacial score (nSPS) is 14.7. The number of rotatable bonds is 4. The van der Waals surface area contributed by atoms with E-state index in [2.05, 4.69) is 10.2 Å². The van der Waals surface area contributed by atoms with Gasteiger partial charge in [0.1, 0.15) is 0 Å². The third kappa shape index (κ3) is 3.70. The molecule has 0 atom stereocenters. The molecule has 0 aromatic heterocycles. The van der Waals surface area contributed by atoms with E-state index in [0.717, 1.165) is 11.3 Å². The third-order valence-electron chi connectivity index (χ3n) is 4.51. The quantitative estimate of drug-likeness (QED) is 0.389. The van der Waals surface area contributed by atoms with E-state index in [9.17, 15) is 15.0 Å². The Balaban J connectivity index is 1.64. The maximum absolute atomic E-state index is 13.0. The fraction of sp³-hybridized carbons (Fsp3) is 0.0455. The minimum atomic E-state index is -0.397. The van der Waals surface area contributed by atoms with E-state index in [1.54, 1.807) is 4.90 Å². The Morgan fingerprint density at radius 1 is 1.00 bits per heavy atom. The summed E-state index contributed by atoms with van der Waals surface area (Å²) in [6, 6.07) is 19.9. The van der Waals surface area contributed by atoms with E-state index in [1.165, 1.54) is 18.3 Å². The van der Waals surface area contributed by atoms with Crippen LogP contribution in [0.2, 0.25) is 5.02 Å². The van der Waals surface area contributed by atoms with Crippen LogP contribution in [-0.2, 0) is 11.3 Å². The number of carbonyl (C=O) groups is 1. The molecule has 1 aliphatic rings. The molecule has 1 amide bonds. The minimum Gasteiger partial charge on any atom is -0.504 e. The van der Waals surface area contributed by atoms with E-state index >= 15 is 0 Å². The number of hydrogen-bond donors (Lipinski definition) is 2. The lowest BCUT2D eigenvalue weighted by Crippen LogP contribution is -2.29. The number of phenols is 2. The van der Waals surface area contributed by atoms with E-state index in [-0.39, 0.29) is 22.4 Å². The number of phenolic OH excluding ortho intramolecular Hbond substituents is 2. The summed E-state index contributed by atoms with van der Waals surface area (Å²) >= 11 is 5.84. The Hall–Kier alpha value is -3.64. The highest BCUT2D eigenvalue weighted by Crippen LogP contribution is 2.34. The number of aromatic hydroxyl groups is 2. The van der Waals surface area contributed by atoms with E-state index < -0.39 is 5.75 Å². The van der Waals surface area contributed by atoms with Crippen molar-refractivity contribution in [2.75, 3.05) is 4.90 Å². The maximum atomic E-state index is 13.0. The Bertz CT molecular complexity index is 1120. The molecule has 0 saturated carbocycles. The van der Waals surface area contributed by atoms with Gasteiger partial charge in [-0.25, -0.2) is 0 Å². The van der Waals surface area contributed by atoms with Gasteiger partial charge in [-0.2, -0.15) is 5.10 Å². The fourth-order valence-electron chi connectivity index (χ4n) is 3.11. The molecule has 3 aromatic carbocycles. The third-order valence-corrected chi connectivity index (χ3v) is 4.80. The number of para-hydroxylation sites is 1. The average Bonchev–Trinajstić information content (AvgIpc) is 2.99. The predicted molar refractivity (Wildman–Crippen MR) is 113 cm³/mol. The molecule has 0 bridgehead atoms. The first-order valence-corrected chi connectivity index (χ1v) is 9.20. The van der Waals surface area contributed by atoms with Crippen LogP contribution in [-0.4, -0.2) is 28.0 Å². The van der Waals surface area contributed by atoms with Gasteiger partial charge in [0.05, 0.1) is 23.5 Å². The fourth-order valence-corrected chi connectivity index (χ4v) is 3.34. The molecule has 6 nitrogen and oxygen atoms in total. The standard InChI is InChI=1S/C22H16ClN3O3/c23-17-10-15(11-19(27)21(17)28)12-24-25-20-16-8-4-5-9-18(16)26(22(20)29)13-14-6-2-1-3-7-14/h1-12,27-28H,13H2/b24-12-,25-20+. The summed E-state index contributed by atoms with van der Waals surface area (Å²) in [4.78, 5) is 14.7. The number of amides is 1. The second-order valence-electron chi connectivity index (χ2n) is 6.46. The number of fused-ring (bicyclic) bond motifs is 1. The first kappa shape index (κ1) is 18.7. The van der Waals surface area contributed by atoms with Crippen LogP contribution in [0.15, 0.2) is 76.9 Å². The highest BCUT2D eigenvalue weighted by Gasteiger charge is 2.33. The molecule has 0 aliphatic carbocycles. The van der Waals surface area contributed by atoms with Crippen molar-refractivity contribution in [3.63, 3.8) is 0 Å². The number of hydrogen-bond acceptors (Lipinski definition) is 5. The zero-order valence-electron chi connectivity index (χ0n) is 15.2. The summed E-state index contributed by atoms with van der Waals surface area (Å²) in [6.45, 7) is 0.431. The summed E-state index contributed by atoms with van der Waals surface area (Å²) in [7, 11) is 0. The zero-order valence-corrected chi connectivity index (χ0v) is 15.9. The van der Waals surface area contributed by atoms with Gasteiger partial charge < -0.3 is 15.1 Å². The summed E-state index contributed by atoms with van der Waals surface area (Å²) in [5.74, 6) is -0.992. The van der Waals surface area contributed by atoms with Crippen LogP contribution in [0.25, 0.3) is 0 Å². The van der Waals surface area contributed by atoms with Crippen molar-refractivity contribution >= 4 is 35.1 Å². The van der Waals surface area contributed by atoms with Crippen molar-refractivity contribution < 1.29 is 15.0 Å². The number of nitrogens with zero attached hydrogens (tertiary/aromatic N) is 3. The van der Waals surface area contributed by atoms with E-state index in [0.29, 0.717) is 17.7 Å². The highest BCUT2D eigenvalue weighted by atomic mass is 35.5. The molecule has 0 radical (unpaired) electrons. The molecular weight excluding hydrogens is 390 g/mol. The smallest absolute Gasteiger partial charge is 0.279 e. The molecular formula is C22H16ClN3O3. The second-order valence-corrected chi connectivity index (χ2v) is 6.86. The minimum absolute atomic E-state index is 0.00423. The topological polar surface area (TPSA) is 85.5 Å². The van der Waals surface area contributed by atoms with Gasteiger partial charge in [-0.15, -0.1) is 5.10 Å². The van der Waals surface area contributed by atoms with Crippen LogP contribution in [0.3, 0.4) is 0 Å². The van der Waals surface area contributed by atoms with Crippen molar-refractivity contribution in [1.82, 2.24) is 0 Å².